The number of rotatable bonds is 5. The van der Waals surface area contributed by atoms with Crippen LogP contribution in [0.1, 0.15) is 17.3 Å². The largest absolute Gasteiger partial charge is 0.480 e. The summed E-state index contributed by atoms with van der Waals surface area (Å²) in [5, 5.41) is 0. The van der Waals surface area contributed by atoms with Crippen molar-refractivity contribution in [3.05, 3.63) is 46.2 Å². The van der Waals surface area contributed by atoms with Crippen LogP contribution in [0.2, 0.25) is 0 Å². The van der Waals surface area contributed by atoms with Crippen molar-refractivity contribution >= 4 is 15.9 Å². The number of ether oxygens (including phenoxy) is 2. The maximum Gasteiger partial charge on any atom is 0.240 e. The maximum atomic E-state index is 6.21. The summed E-state index contributed by atoms with van der Waals surface area (Å²) in [6, 6.07) is 7.71. The number of nitrogens with two attached hydrogens (primary N) is 1. The van der Waals surface area contributed by atoms with Crippen LogP contribution in [0.3, 0.4) is 0 Å². The number of hydrogen-bond acceptors (Lipinski definition) is 5. The molecule has 1 aromatic carbocycles. The second kappa shape index (κ2) is 6.67. The van der Waals surface area contributed by atoms with Crippen LogP contribution in [0.4, 0.5) is 0 Å². The molecule has 1 atom stereocenters. The van der Waals surface area contributed by atoms with Gasteiger partial charge in [0, 0.05) is 4.47 Å². The molecule has 0 aliphatic heterocycles. The normalized spacial score (nSPS) is 12.0. The van der Waals surface area contributed by atoms with Gasteiger partial charge in [0.1, 0.15) is 5.69 Å². The number of nitrogens with zero attached hydrogens (tertiary/aromatic N) is 2. The summed E-state index contributed by atoms with van der Waals surface area (Å²) in [5.74, 6) is 0.798. The molecule has 2 N–H and O–H groups in total. The Hall–Kier alpha value is -1.66. The van der Waals surface area contributed by atoms with Crippen LogP contribution in [0.5, 0.6) is 11.8 Å². The zero-order chi connectivity index (χ0) is 14.5. The Balaban J connectivity index is 2.22. The van der Waals surface area contributed by atoms with E-state index < -0.39 is 0 Å². The third-order valence-corrected chi connectivity index (χ3v) is 3.34. The van der Waals surface area contributed by atoms with Gasteiger partial charge in [-0.05, 0) is 24.1 Å². The minimum absolute atomic E-state index is 0.294. The fraction of sp³-hybridized carbons (Fsp3) is 0.286. The van der Waals surface area contributed by atoms with Crippen molar-refractivity contribution in [2.75, 3.05) is 14.2 Å². The summed E-state index contributed by atoms with van der Waals surface area (Å²) < 4.78 is 11.3. The Bertz CT molecular complexity index is 592. The molecule has 5 nitrogen and oxygen atoms in total. The first-order chi connectivity index (χ1) is 9.63. The lowest BCUT2D eigenvalue weighted by Crippen LogP contribution is -2.17. The van der Waals surface area contributed by atoms with Gasteiger partial charge in [-0.3, -0.25) is 0 Å². The first-order valence-electron chi connectivity index (χ1n) is 6.09. The van der Waals surface area contributed by atoms with Gasteiger partial charge in [-0.15, -0.1) is 0 Å². The van der Waals surface area contributed by atoms with Crippen LogP contribution in [-0.2, 0) is 6.42 Å². The van der Waals surface area contributed by atoms with Crippen molar-refractivity contribution in [3.8, 4) is 11.8 Å². The molecule has 2 aromatic rings. The summed E-state index contributed by atoms with van der Waals surface area (Å²) in [6.07, 6.45) is 2.19. The molecule has 20 heavy (non-hydrogen) atoms. The minimum Gasteiger partial charge on any atom is -0.480 e. The average molecular weight is 338 g/mol. The van der Waals surface area contributed by atoms with E-state index in [9.17, 15) is 0 Å². The lowest BCUT2D eigenvalue weighted by molar-refractivity contribution is 0.353. The molecular weight excluding hydrogens is 322 g/mol. The Morgan fingerprint density at radius 3 is 2.75 bits per heavy atom. The van der Waals surface area contributed by atoms with Crippen molar-refractivity contribution < 1.29 is 9.47 Å². The number of methoxy groups -OCH3 is 2. The highest BCUT2D eigenvalue weighted by atomic mass is 79.9. The van der Waals surface area contributed by atoms with E-state index in [4.69, 9.17) is 15.2 Å². The van der Waals surface area contributed by atoms with E-state index in [-0.39, 0.29) is 6.04 Å². The number of aromatic nitrogens is 2. The molecule has 0 bridgehead atoms. The molecule has 0 radical (unpaired) electrons. The highest BCUT2D eigenvalue weighted by Gasteiger charge is 2.16. The zero-order valence-corrected chi connectivity index (χ0v) is 12.9. The maximum absolute atomic E-state index is 6.21. The summed E-state index contributed by atoms with van der Waals surface area (Å²) in [6.45, 7) is 0. The van der Waals surface area contributed by atoms with E-state index in [0.29, 0.717) is 23.9 Å². The van der Waals surface area contributed by atoms with Gasteiger partial charge < -0.3 is 15.2 Å². The fourth-order valence-corrected chi connectivity index (χ4v) is 2.33. The van der Waals surface area contributed by atoms with Crippen molar-refractivity contribution in [1.29, 1.82) is 0 Å². The first-order valence-corrected chi connectivity index (χ1v) is 6.88. The smallest absolute Gasteiger partial charge is 0.240 e. The number of halogens is 1. The second-order valence-corrected chi connectivity index (χ2v) is 5.16. The lowest BCUT2D eigenvalue weighted by atomic mass is 10.0. The Labute approximate surface area is 126 Å². The molecule has 0 amide bonds. The van der Waals surface area contributed by atoms with Crippen molar-refractivity contribution in [1.82, 2.24) is 9.97 Å². The van der Waals surface area contributed by atoms with Crippen molar-refractivity contribution in [2.24, 2.45) is 5.73 Å². The van der Waals surface area contributed by atoms with Gasteiger partial charge in [0.25, 0.3) is 0 Å². The van der Waals surface area contributed by atoms with Gasteiger partial charge in [-0.2, -0.15) is 4.98 Å². The Morgan fingerprint density at radius 2 is 2.10 bits per heavy atom. The third-order valence-electron chi connectivity index (χ3n) is 2.84. The van der Waals surface area contributed by atoms with Crippen LogP contribution in [-0.4, -0.2) is 24.2 Å². The summed E-state index contributed by atoms with van der Waals surface area (Å²) in [7, 11) is 3.07. The van der Waals surface area contributed by atoms with E-state index in [1.807, 2.05) is 24.3 Å². The van der Waals surface area contributed by atoms with Crippen molar-refractivity contribution in [2.45, 2.75) is 12.5 Å². The molecule has 0 fully saturated rings. The highest BCUT2D eigenvalue weighted by Crippen LogP contribution is 2.25. The molecule has 0 saturated carbocycles. The first kappa shape index (κ1) is 14.7. The molecule has 1 heterocycles. The van der Waals surface area contributed by atoms with E-state index in [0.717, 1.165) is 10.0 Å². The van der Waals surface area contributed by atoms with E-state index in [2.05, 4.69) is 25.9 Å². The predicted molar refractivity (Wildman–Crippen MR) is 79.9 cm³/mol. The summed E-state index contributed by atoms with van der Waals surface area (Å²) >= 11 is 3.45. The third kappa shape index (κ3) is 3.46. The second-order valence-electron chi connectivity index (χ2n) is 4.25. The monoisotopic (exact) mass is 337 g/mol. The quantitative estimate of drug-likeness (QED) is 0.907. The Kier molecular flexibility index (Phi) is 4.92. The summed E-state index contributed by atoms with van der Waals surface area (Å²) in [5.41, 5.74) is 7.94. The molecule has 6 heteroatoms. The van der Waals surface area contributed by atoms with Crippen LogP contribution in [0.25, 0.3) is 0 Å². The van der Waals surface area contributed by atoms with E-state index >= 15 is 0 Å². The van der Waals surface area contributed by atoms with Gasteiger partial charge in [-0.25, -0.2) is 4.98 Å². The van der Waals surface area contributed by atoms with Crippen LogP contribution in [0, 0.1) is 0 Å². The molecular formula is C14H16BrN3O2. The SMILES string of the molecule is COc1cnc(C(N)Cc2cccc(Br)c2)c(OC)n1. The molecule has 0 aliphatic carbocycles. The molecule has 106 valence electrons. The van der Waals surface area contributed by atoms with Crippen LogP contribution >= 0.6 is 15.9 Å². The van der Waals surface area contributed by atoms with Crippen LogP contribution in [0.15, 0.2) is 34.9 Å². The van der Waals surface area contributed by atoms with Gasteiger partial charge in [-0.1, -0.05) is 28.1 Å². The van der Waals surface area contributed by atoms with E-state index in [1.54, 1.807) is 13.3 Å². The van der Waals surface area contributed by atoms with E-state index in [1.165, 1.54) is 7.11 Å². The molecule has 1 unspecified atom stereocenters. The number of benzene rings is 1. The molecule has 0 spiro atoms. The summed E-state index contributed by atoms with van der Waals surface area (Å²) in [4.78, 5) is 8.48. The number of hydrogen-bond donors (Lipinski definition) is 1. The van der Waals surface area contributed by atoms with Gasteiger partial charge in [0.15, 0.2) is 0 Å². The van der Waals surface area contributed by atoms with Crippen LogP contribution < -0.4 is 15.2 Å². The standard InChI is InChI=1S/C14H16BrN3O2/c1-19-12-8-17-13(14(18-12)20-2)11(16)7-9-4-3-5-10(15)6-9/h3-6,8,11H,7,16H2,1-2H3. The van der Waals surface area contributed by atoms with Gasteiger partial charge >= 0.3 is 0 Å². The Morgan fingerprint density at radius 1 is 1.30 bits per heavy atom. The van der Waals surface area contributed by atoms with Gasteiger partial charge in [0.05, 0.1) is 26.5 Å². The minimum atomic E-state index is -0.294. The molecule has 0 aliphatic rings. The topological polar surface area (TPSA) is 70.3 Å². The fourth-order valence-electron chi connectivity index (χ4n) is 1.88. The zero-order valence-electron chi connectivity index (χ0n) is 11.3. The molecule has 2 rings (SSSR count). The average Bonchev–Trinajstić information content (AvgIpc) is 2.46. The van der Waals surface area contributed by atoms with Gasteiger partial charge in [0.2, 0.25) is 11.8 Å². The predicted octanol–water partition coefficient (Wildman–Crippen LogP) is 2.50. The van der Waals surface area contributed by atoms with Crippen molar-refractivity contribution in [3.63, 3.8) is 0 Å². The lowest BCUT2D eigenvalue weighted by Gasteiger charge is -2.14. The molecule has 1 aromatic heterocycles. The molecule has 0 saturated heterocycles. The highest BCUT2D eigenvalue weighted by molar-refractivity contribution is 9.10.